The lowest BCUT2D eigenvalue weighted by molar-refractivity contribution is 0.447. The van der Waals surface area contributed by atoms with Crippen LogP contribution in [0, 0.1) is 0 Å². The number of aromatic amines is 1. The molecule has 82 valence electrons. The number of hydrogen-bond acceptors (Lipinski definition) is 2. The third-order valence-electron chi connectivity index (χ3n) is 3.81. The van der Waals surface area contributed by atoms with Crippen molar-refractivity contribution in [3.63, 3.8) is 0 Å². The highest BCUT2D eigenvalue weighted by Gasteiger charge is 2.26. The maximum atomic E-state index is 4.80. The van der Waals surface area contributed by atoms with Gasteiger partial charge in [0.1, 0.15) is 5.82 Å². The number of hydrogen-bond donors (Lipinski definition) is 2. The van der Waals surface area contributed by atoms with Crippen LogP contribution >= 0.6 is 0 Å². The second-order valence-corrected chi connectivity index (χ2v) is 4.97. The van der Waals surface area contributed by atoms with Crippen molar-refractivity contribution in [2.24, 2.45) is 0 Å². The summed E-state index contributed by atoms with van der Waals surface area (Å²) in [5.74, 6) is 2.52. The Kier molecular flexibility index (Phi) is 2.28. The summed E-state index contributed by atoms with van der Waals surface area (Å²) in [4.78, 5) is 8.34. The maximum absolute atomic E-state index is 4.80. The van der Waals surface area contributed by atoms with Crippen LogP contribution in [0.3, 0.4) is 0 Å². The van der Waals surface area contributed by atoms with Crippen LogP contribution in [0.4, 0.5) is 0 Å². The van der Waals surface area contributed by atoms with Crippen molar-refractivity contribution in [1.29, 1.82) is 0 Å². The Hall–Kier alpha value is -0.830. The summed E-state index contributed by atoms with van der Waals surface area (Å²) >= 11 is 0. The minimum absolute atomic E-state index is 0.622. The predicted octanol–water partition coefficient (Wildman–Crippen LogP) is 1.93. The number of fused-ring (bicyclic) bond motifs is 1. The van der Waals surface area contributed by atoms with Crippen LogP contribution in [-0.2, 0) is 6.42 Å². The molecule has 3 nitrogen and oxygen atoms in total. The fraction of sp³-hybridized carbons (Fsp3) is 0.750. The summed E-state index contributed by atoms with van der Waals surface area (Å²) in [7, 11) is 0. The van der Waals surface area contributed by atoms with E-state index in [2.05, 4.69) is 17.2 Å². The van der Waals surface area contributed by atoms with Crippen LogP contribution in [-0.4, -0.2) is 23.1 Å². The highest BCUT2D eigenvalue weighted by atomic mass is 15.0. The third kappa shape index (κ3) is 1.59. The van der Waals surface area contributed by atoms with Crippen molar-refractivity contribution >= 4 is 0 Å². The molecule has 0 aromatic carbocycles. The molecule has 0 saturated carbocycles. The van der Waals surface area contributed by atoms with Crippen LogP contribution < -0.4 is 5.32 Å². The minimum Gasteiger partial charge on any atom is -0.345 e. The summed E-state index contributed by atoms with van der Waals surface area (Å²) < 4.78 is 0. The highest BCUT2D eigenvalue weighted by Crippen LogP contribution is 2.32. The Morgan fingerprint density at radius 1 is 1.33 bits per heavy atom. The van der Waals surface area contributed by atoms with Gasteiger partial charge in [-0.25, -0.2) is 4.98 Å². The van der Waals surface area contributed by atoms with E-state index in [1.54, 1.807) is 0 Å². The molecule has 0 amide bonds. The number of nitrogens with zero attached hydrogens (tertiary/aromatic N) is 1. The molecule has 15 heavy (non-hydrogen) atoms. The first-order valence-corrected chi connectivity index (χ1v) is 6.14. The molecular formula is C12H19N3. The molecule has 2 unspecified atom stereocenters. The fourth-order valence-electron chi connectivity index (χ4n) is 2.82. The average Bonchev–Trinajstić information content (AvgIpc) is 2.83. The molecule has 1 aliphatic carbocycles. The summed E-state index contributed by atoms with van der Waals surface area (Å²) in [5, 5.41) is 3.45. The van der Waals surface area contributed by atoms with Crippen molar-refractivity contribution < 1.29 is 0 Å². The largest absolute Gasteiger partial charge is 0.345 e. The first-order chi connectivity index (χ1) is 7.34. The normalized spacial score (nSPS) is 30.5. The van der Waals surface area contributed by atoms with E-state index in [1.165, 1.54) is 49.4 Å². The summed E-state index contributed by atoms with van der Waals surface area (Å²) in [6, 6.07) is 0. The molecule has 1 aromatic rings. The van der Waals surface area contributed by atoms with E-state index in [0.717, 1.165) is 6.54 Å². The quantitative estimate of drug-likeness (QED) is 0.735. The number of rotatable bonds is 1. The van der Waals surface area contributed by atoms with E-state index >= 15 is 0 Å². The van der Waals surface area contributed by atoms with Crippen LogP contribution in [0.15, 0.2) is 0 Å². The lowest BCUT2D eigenvalue weighted by atomic mass is 9.99. The smallest absolute Gasteiger partial charge is 0.110 e. The average molecular weight is 205 g/mol. The van der Waals surface area contributed by atoms with Gasteiger partial charge >= 0.3 is 0 Å². The van der Waals surface area contributed by atoms with Gasteiger partial charge in [-0.15, -0.1) is 0 Å². The molecule has 3 rings (SSSR count). The monoisotopic (exact) mass is 205 g/mol. The van der Waals surface area contributed by atoms with Gasteiger partial charge in [0.15, 0.2) is 0 Å². The second kappa shape index (κ2) is 3.63. The molecule has 1 fully saturated rings. The lowest BCUT2D eigenvalue weighted by Gasteiger charge is -2.20. The summed E-state index contributed by atoms with van der Waals surface area (Å²) in [6.07, 6.45) is 5.04. The number of H-pyrrole nitrogens is 1. The van der Waals surface area contributed by atoms with Gasteiger partial charge < -0.3 is 10.3 Å². The molecule has 1 saturated heterocycles. The van der Waals surface area contributed by atoms with Crippen molar-refractivity contribution in [2.45, 2.75) is 44.4 Å². The van der Waals surface area contributed by atoms with Crippen LogP contribution in [0.25, 0.3) is 0 Å². The van der Waals surface area contributed by atoms with E-state index in [4.69, 9.17) is 4.98 Å². The van der Waals surface area contributed by atoms with E-state index < -0.39 is 0 Å². The number of imidazole rings is 1. The maximum Gasteiger partial charge on any atom is 0.110 e. The number of aromatic nitrogens is 2. The fourth-order valence-corrected chi connectivity index (χ4v) is 2.82. The van der Waals surface area contributed by atoms with E-state index in [1.807, 2.05) is 0 Å². The Morgan fingerprint density at radius 3 is 3.00 bits per heavy atom. The number of nitrogens with one attached hydrogen (secondary N) is 2. The Bertz CT molecular complexity index is 350. The van der Waals surface area contributed by atoms with Gasteiger partial charge in [0.2, 0.25) is 0 Å². The van der Waals surface area contributed by atoms with Gasteiger partial charge in [-0.1, -0.05) is 6.92 Å². The van der Waals surface area contributed by atoms with Gasteiger partial charge in [0.05, 0.1) is 5.69 Å². The molecule has 0 bridgehead atoms. The lowest BCUT2D eigenvalue weighted by Crippen LogP contribution is -2.29. The molecule has 2 atom stereocenters. The van der Waals surface area contributed by atoms with Gasteiger partial charge in [0, 0.05) is 24.1 Å². The van der Waals surface area contributed by atoms with Crippen LogP contribution in [0.1, 0.15) is 55.2 Å². The zero-order chi connectivity index (χ0) is 10.3. The topological polar surface area (TPSA) is 40.7 Å². The molecule has 0 spiro atoms. The predicted molar refractivity (Wildman–Crippen MR) is 60.2 cm³/mol. The molecule has 2 aliphatic rings. The SMILES string of the molecule is CC1CCc2[nH]c(C3CCCNC3)nc21. The Balaban J connectivity index is 1.84. The summed E-state index contributed by atoms with van der Waals surface area (Å²) in [5.41, 5.74) is 2.75. The van der Waals surface area contributed by atoms with Crippen molar-refractivity contribution in [1.82, 2.24) is 15.3 Å². The minimum atomic E-state index is 0.622. The third-order valence-corrected chi connectivity index (χ3v) is 3.81. The zero-order valence-corrected chi connectivity index (χ0v) is 9.34. The van der Waals surface area contributed by atoms with Crippen LogP contribution in [0.2, 0.25) is 0 Å². The first kappa shape index (κ1) is 9.40. The second-order valence-electron chi connectivity index (χ2n) is 4.97. The van der Waals surface area contributed by atoms with E-state index in [0.29, 0.717) is 11.8 Å². The van der Waals surface area contributed by atoms with Gasteiger partial charge in [-0.3, -0.25) is 0 Å². The molecule has 1 aromatic heterocycles. The Labute approximate surface area is 90.7 Å². The summed E-state index contributed by atoms with van der Waals surface area (Å²) in [6.45, 7) is 4.56. The van der Waals surface area contributed by atoms with Crippen molar-refractivity contribution in [3.05, 3.63) is 17.2 Å². The molecule has 2 heterocycles. The number of piperidine rings is 1. The standard InChI is InChI=1S/C12H19N3/c1-8-4-5-10-11(8)15-12(14-10)9-3-2-6-13-7-9/h8-9,13H,2-7H2,1H3,(H,14,15). The Morgan fingerprint density at radius 2 is 2.27 bits per heavy atom. The van der Waals surface area contributed by atoms with Crippen LogP contribution in [0.5, 0.6) is 0 Å². The zero-order valence-electron chi connectivity index (χ0n) is 9.34. The highest BCUT2D eigenvalue weighted by molar-refractivity contribution is 5.25. The molecular weight excluding hydrogens is 186 g/mol. The molecule has 2 N–H and O–H groups in total. The van der Waals surface area contributed by atoms with Crippen molar-refractivity contribution in [2.75, 3.05) is 13.1 Å². The first-order valence-electron chi connectivity index (χ1n) is 6.14. The van der Waals surface area contributed by atoms with Crippen molar-refractivity contribution in [3.8, 4) is 0 Å². The van der Waals surface area contributed by atoms with Gasteiger partial charge in [-0.05, 0) is 32.2 Å². The molecule has 1 aliphatic heterocycles. The van der Waals surface area contributed by atoms with E-state index in [9.17, 15) is 0 Å². The number of aryl methyl sites for hydroxylation is 1. The molecule has 0 radical (unpaired) electrons. The molecule has 3 heteroatoms. The van der Waals surface area contributed by atoms with Gasteiger partial charge in [-0.2, -0.15) is 0 Å². The van der Waals surface area contributed by atoms with E-state index in [-0.39, 0.29) is 0 Å². The van der Waals surface area contributed by atoms with Gasteiger partial charge in [0.25, 0.3) is 0 Å².